The topological polar surface area (TPSA) is 49.4 Å². The molecule has 94 valence electrons. The van der Waals surface area contributed by atoms with Gasteiger partial charge in [0.1, 0.15) is 0 Å². The Bertz CT molecular complexity index is 516. The van der Waals surface area contributed by atoms with Crippen molar-refractivity contribution in [1.82, 2.24) is 0 Å². The Kier molecular flexibility index (Phi) is 3.63. The van der Waals surface area contributed by atoms with Crippen LogP contribution in [-0.4, -0.2) is 15.0 Å². The highest BCUT2D eigenvalue weighted by molar-refractivity contribution is 9.10. The molecule has 0 spiro atoms. The Hall–Kier alpha value is -0.750. The number of nitrogens with zero attached hydrogens (tertiary/aromatic N) is 1. The quantitative estimate of drug-likeness (QED) is 0.867. The minimum Gasteiger partial charge on any atom is -0.264 e. The van der Waals surface area contributed by atoms with E-state index in [-0.39, 0.29) is 0 Å². The lowest BCUT2D eigenvalue weighted by atomic mass is 10.2. The fourth-order valence-electron chi connectivity index (χ4n) is 1.87. The van der Waals surface area contributed by atoms with Gasteiger partial charge in [-0.2, -0.15) is 8.42 Å². The lowest BCUT2D eigenvalue weighted by Crippen LogP contribution is -2.30. The van der Waals surface area contributed by atoms with E-state index in [0.29, 0.717) is 12.2 Å². The van der Waals surface area contributed by atoms with Crippen LogP contribution in [0.4, 0.5) is 11.4 Å². The van der Waals surface area contributed by atoms with E-state index in [0.717, 1.165) is 29.4 Å². The second-order valence-corrected chi connectivity index (χ2v) is 6.56. The lowest BCUT2D eigenvalue weighted by Gasteiger charge is -2.16. The van der Waals surface area contributed by atoms with E-state index < -0.39 is 10.2 Å². The summed E-state index contributed by atoms with van der Waals surface area (Å²) < 4.78 is 28.7. The highest BCUT2D eigenvalue weighted by atomic mass is 79.9. The molecule has 0 saturated heterocycles. The van der Waals surface area contributed by atoms with Crippen molar-refractivity contribution in [2.75, 3.05) is 15.6 Å². The average molecular weight is 319 g/mol. The predicted molar refractivity (Wildman–Crippen MR) is 73.6 cm³/mol. The van der Waals surface area contributed by atoms with Crippen molar-refractivity contribution < 1.29 is 8.42 Å². The molecule has 17 heavy (non-hydrogen) atoms. The van der Waals surface area contributed by atoms with Crippen LogP contribution in [-0.2, 0) is 10.2 Å². The average Bonchev–Trinajstić information content (AvgIpc) is 2.50. The molecule has 1 aromatic carbocycles. The van der Waals surface area contributed by atoms with Crippen LogP contribution in [0.1, 0.15) is 26.2 Å². The minimum atomic E-state index is -3.38. The van der Waals surface area contributed by atoms with Crippen LogP contribution in [0.5, 0.6) is 0 Å². The van der Waals surface area contributed by atoms with Crippen LogP contribution in [0.3, 0.4) is 0 Å². The monoisotopic (exact) mass is 318 g/mol. The summed E-state index contributed by atoms with van der Waals surface area (Å²) >= 11 is 3.36. The second kappa shape index (κ2) is 4.86. The molecule has 0 amide bonds. The van der Waals surface area contributed by atoms with E-state index in [2.05, 4.69) is 27.6 Å². The van der Waals surface area contributed by atoms with E-state index in [9.17, 15) is 8.42 Å². The SMILES string of the molecule is CCCCCN1c2cc(Br)ccc2NS1(=O)=O. The van der Waals surface area contributed by atoms with Crippen LogP contribution in [0.15, 0.2) is 22.7 Å². The lowest BCUT2D eigenvalue weighted by molar-refractivity contribution is 0.595. The van der Waals surface area contributed by atoms with E-state index in [1.54, 1.807) is 6.07 Å². The van der Waals surface area contributed by atoms with Gasteiger partial charge in [-0.1, -0.05) is 35.7 Å². The molecule has 0 atom stereocenters. The maximum Gasteiger partial charge on any atom is 0.324 e. The minimum absolute atomic E-state index is 0.534. The Labute approximate surface area is 110 Å². The molecule has 1 N–H and O–H groups in total. The van der Waals surface area contributed by atoms with E-state index >= 15 is 0 Å². The number of hydrogen-bond acceptors (Lipinski definition) is 2. The summed E-state index contributed by atoms with van der Waals surface area (Å²) in [5.41, 5.74) is 1.39. The third-order valence-corrected chi connectivity index (χ3v) is 4.65. The largest absolute Gasteiger partial charge is 0.324 e. The molecule has 0 saturated carbocycles. The van der Waals surface area contributed by atoms with Crippen LogP contribution in [0.25, 0.3) is 0 Å². The molecular formula is C11H15BrN2O2S. The number of benzene rings is 1. The first-order valence-electron chi connectivity index (χ1n) is 5.64. The Balaban J connectivity index is 2.27. The summed E-state index contributed by atoms with van der Waals surface area (Å²) in [5.74, 6) is 0. The molecule has 1 heterocycles. The third-order valence-electron chi connectivity index (χ3n) is 2.72. The van der Waals surface area contributed by atoms with E-state index in [4.69, 9.17) is 0 Å². The summed E-state index contributed by atoms with van der Waals surface area (Å²) in [7, 11) is -3.38. The molecule has 0 unspecified atom stereocenters. The van der Waals surface area contributed by atoms with Gasteiger partial charge in [0, 0.05) is 11.0 Å². The number of rotatable bonds is 4. The summed E-state index contributed by atoms with van der Waals surface area (Å²) in [6, 6.07) is 5.44. The van der Waals surface area contributed by atoms with E-state index in [1.165, 1.54) is 4.31 Å². The van der Waals surface area contributed by atoms with Gasteiger partial charge in [-0.15, -0.1) is 0 Å². The molecule has 1 aliphatic rings. The highest BCUT2D eigenvalue weighted by Gasteiger charge is 2.31. The third kappa shape index (κ3) is 2.57. The van der Waals surface area contributed by atoms with Gasteiger partial charge in [0.25, 0.3) is 0 Å². The molecule has 2 rings (SSSR count). The van der Waals surface area contributed by atoms with Gasteiger partial charge in [-0.25, -0.2) is 0 Å². The van der Waals surface area contributed by atoms with Crippen LogP contribution in [0.2, 0.25) is 0 Å². The van der Waals surface area contributed by atoms with Gasteiger partial charge in [-0.3, -0.25) is 9.03 Å². The standard InChI is InChI=1S/C11H15BrN2O2S/c1-2-3-4-7-14-11-8-9(12)5-6-10(11)13-17(14,15)16/h5-6,8,13H,2-4,7H2,1H3. The zero-order valence-corrected chi connectivity index (χ0v) is 12.0. The molecule has 1 aliphatic heterocycles. The predicted octanol–water partition coefficient (Wildman–Crippen LogP) is 3.12. The molecule has 6 heteroatoms. The molecular weight excluding hydrogens is 304 g/mol. The Morgan fingerprint density at radius 2 is 2.12 bits per heavy atom. The van der Waals surface area contributed by atoms with Crippen LogP contribution >= 0.6 is 15.9 Å². The smallest absolute Gasteiger partial charge is 0.264 e. The van der Waals surface area contributed by atoms with Crippen molar-refractivity contribution in [1.29, 1.82) is 0 Å². The summed E-state index contributed by atoms with van der Waals surface area (Å²) in [5, 5.41) is 0. The first-order valence-corrected chi connectivity index (χ1v) is 7.88. The number of fused-ring (bicyclic) bond motifs is 1. The van der Waals surface area contributed by atoms with Crippen molar-refractivity contribution >= 4 is 37.5 Å². The van der Waals surface area contributed by atoms with Gasteiger partial charge in [0.15, 0.2) is 0 Å². The van der Waals surface area contributed by atoms with Gasteiger partial charge in [0.05, 0.1) is 11.4 Å². The van der Waals surface area contributed by atoms with Gasteiger partial charge in [0.2, 0.25) is 0 Å². The van der Waals surface area contributed by atoms with Crippen molar-refractivity contribution in [3.05, 3.63) is 22.7 Å². The molecule has 0 aliphatic carbocycles. The molecule has 0 radical (unpaired) electrons. The molecule has 4 nitrogen and oxygen atoms in total. The fourth-order valence-corrected chi connectivity index (χ4v) is 3.56. The Morgan fingerprint density at radius 1 is 1.35 bits per heavy atom. The summed E-state index contributed by atoms with van der Waals surface area (Å²) in [4.78, 5) is 0. The van der Waals surface area contributed by atoms with Gasteiger partial charge in [-0.05, 0) is 24.6 Å². The van der Waals surface area contributed by atoms with Gasteiger partial charge >= 0.3 is 10.2 Å². The van der Waals surface area contributed by atoms with Crippen LogP contribution < -0.4 is 9.03 Å². The maximum atomic E-state index is 11.9. The number of nitrogens with one attached hydrogen (secondary N) is 1. The number of unbranched alkanes of at least 4 members (excludes halogenated alkanes) is 2. The molecule has 0 bridgehead atoms. The summed E-state index contributed by atoms with van der Waals surface area (Å²) in [6.07, 6.45) is 2.99. The number of halogens is 1. The second-order valence-electron chi connectivity index (χ2n) is 4.05. The molecule has 0 fully saturated rings. The summed E-state index contributed by atoms with van der Waals surface area (Å²) in [6.45, 7) is 2.63. The van der Waals surface area contributed by atoms with Crippen molar-refractivity contribution in [2.24, 2.45) is 0 Å². The number of hydrogen-bond donors (Lipinski definition) is 1. The van der Waals surface area contributed by atoms with Crippen molar-refractivity contribution in [2.45, 2.75) is 26.2 Å². The van der Waals surface area contributed by atoms with Crippen LogP contribution in [0, 0.1) is 0 Å². The first kappa shape index (κ1) is 12.7. The molecule has 0 aromatic heterocycles. The maximum absolute atomic E-state index is 11.9. The molecule has 1 aromatic rings. The van der Waals surface area contributed by atoms with E-state index in [1.807, 2.05) is 12.1 Å². The Morgan fingerprint density at radius 3 is 2.82 bits per heavy atom. The zero-order chi connectivity index (χ0) is 12.5. The highest BCUT2D eigenvalue weighted by Crippen LogP contribution is 2.37. The normalized spacial score (nSPS) is 16.7. The number of anilines is 2. The fraction of sp³-hybridized carbons (Fsp3) is 0.455. The zero-order valence-electron chi connectivity index (χ0n) is 9.61. The van der Waals surface area contributed by atoms with Crippen molar-refractivity contribution in [3.63, 3.8) is 0 Å². The first-order chi connectivity index (χ1) is 8.04. The van der Waals surface area contributed by atoms with Crippen molar-refractivity contribution in [3.8, 4) is 0 Å². The van der Waals surface area contributed by atoms with Gasteiger partial charge < -0.3 is 0 Å².